The Balaban J connectivity index is 2.00. The summed E-state index contributed by atoms with van der Waals surface area (Å²) in [5.74, 6) is -0.862. The van der Waals surface area contributed by atoms with Crippen LogP contribution in [-0.4, -0.2) is 11.1 Å². The minimum Gasteiger partial charge on any atom is -0.477 e. The van der Waals surface area contributed by atoms with Gasteiger partial charge in [0.15, 0.2) is 0 Å². The molecular weight excluding hydrogens is 328 g/mol. The van der Waals surface area contributed by atoms with Crippen molar-refractivity contribution in [1.29, 1.82) is 0 Å². The van der Waals surface area contributed by atoms with E-state index in [1.54, 1.807) is 6.07 Å². The Morgan fingerprint density at radius 1 is 1.04 bits per heavy atom. The van der Waals surface area contributed by atoms with Crippen LogP contribution in [0.15, 0.2) is 24.3 Å². The number of hydrogen-bond donors (Lipinski definition) is 1. The number of aryl methyl sites for hydroxylation is 1. The number of carbonyl (C=O) groups is 1. The van der Waals surface area contributed by atoms with Crippen LogP contribution in [0.3, 0.4) is 0 Å². The largest absolute Gasteiger partial charge is 0.477 e. The van der Waals surface area contributed by atoms with E-state index in [2.05, 4.69) is 52.8 Å². The van der Waals surface area contributed by atoms with E-state index in [1.165, 1.54) is 46.4 Å². The Morgan fingerprint density at radius 2 is 1.64 bits per heavy atom. The summed E-state index contributed by atoms with van der Waals surface area (Å²) in [6.07, 6.45) is 6.55. The van der Waals surface area contributed by atoms with Gasteiger partial charge in [-0.25, -0.2) is 4.79 Å². The first-order valence-electron chi connectivity index (χ1n) is 8.77. The summed E-state index contributed by atoms with van der Waals surface area (Å²) in [5, 5.41) is 9.05. The molecule has 3 rings (SSSR count). The lowest BCUT2D eigenvalue weighted by atomic mass is 9.62. The van der Waals surface area contributed by atoms with E-state index < -0.39 is 5.97 Å². The summed E-state index contributed by atoms with van der Waals surface area (Å²) < 4.78 is 0. The van der Waals surface area contributed by atoms with Gasteiger partial charge in [0.1, 0.15) is 4.88 Å². The Morgan fingerprint density at radius 3 is 2.20 bits per heavy atom. The summed E-state index contributed by atoms with van der Waals surface area (Å²) in [5.41, 5.74) is 5.84. The summed E-state index contributed by atoms with van der Waals surface area (Å²) >= 11 is 1.31. The number of fused-ring (bicyclic) bond motifs is 1. The maximum Gasteiger partial charge on any atom is 0.345 e. The van der Waals surface area contributed by atoms with Gasteiger partial charge in [-0.3, -0.25) is 0 Å². The van der Waals surface area contributed by atoms with E-state index in [0.29, 0.717) is 4.88 Å². The first-order valence-corrected chi connectivity index (χ1v) is 9.59. The Bertz CT molecular complexity index is 853. The third-order valence-corrected chi connectivity index (χ3v) is 6.54. The predicted molar refractivity (Wildman–Crippen MR) is 107 cm³/mol. The second-order valence-corrected chi connectivity index (χ2v) is 9.48. The van der Waals surface area contributed by atoms with Crippen LogP contribution in [0.5, 0.6) is 0 Å². The highest BCUT2D eigenvalue weighted by Crippen LogP contribution is 2.46. The molecule has 1 aliphatic carbocycles. The SMILES string of the molecule is Cc1cc2c(cc1/C=C/c1ccc(C(=O)O)s1)C(C)(C)CCC2(C)C. The number of hydrogen-bond acceptors (Lipinski definition) is 2. The zero-order valence-corrected chi connectivity index (χ0v) is 16.5. The monoisotopic (exact) mass is 354 g/mol. The van der Waals surface area contributed by atoms with E-state index in [9.17, 15) is 4.79 Å². The second-order valence-electron chi connectivity index (χ2n) is 8.36. The number of carboxylic acids is 1. The number of carboxylic acid groups (broad SMARTS) is 1. The lowest BCUT2D eigenvalue weighted by molar-refractivity contribution is 0.0702. The molecule has 0 radical (unpaired) electrons. The first-order chi connectivity index (χ1) is 11.6. The van der Waals surface area contributed by atoms with Gasteiger partial charge in [-0.2, -0.15) is 0 Å². The summed E-state index contributed by atoms with van der Waals surface area (Å²) in [6, 6.07) is 8.23. The Hall–Kier alpha value is -1.87. The minimum absolute atomic E-state index is 0.195. The zero-order valence-electron chi connectivity index (χ0n) is 15.6. The maximum absolute atomic E-state index is 11.0. The van der Waals surface area contributed by atoms with Crippen LogP contribution in [0, 0.1) is 6.92 Å². The molecule has 1 aromatic heterocycles. The predicted octanol–water partition coefficient (Wildman–Crippen LogP) is 6.27. The van der Waals surface area contributed by atoms with Crippen molar-refractivity contribution in [3.05, 3.63) is 56.3 Å². The first kappa shape index (κ1) is 17.9. The van der Waals surface area contributed by atoms with Crippen molar-refractivity contribution in [1.82, 2.24) is 0 Å². The highest BCUT2D eigenvalue weighted by Gasteiger charge is 2.37. The van der Waals surface area contributed by atoms with Crippen molar-refractivity contribution < 1.29 is 9.90 Å². The molecule has 25 heavy (non-hydrogen) atoms. The average molecular weight is 355 g/mol. The standard InChI is InChI=1S/C22H26O2S/c1-14-12-17-18(22(4,5)11-10-21(17,2)3)13-15(14)6-7-16-8-9-19(25-16)20(23)24/h6-9,12-13H,10-11H2,1-5H3,(H,23,24)/b7-6+. The molecule has 1 N–H and O–H groups in total. The summed E-state index contributed by atoms with van der Waals surface area (Å²) in [4.78, 5) is 12.4. The second kappa shape index (κ2) is 6.14. The smallest absolute Gasteiger partial charge is 0.345 e. The van der Waals surface area contributed by atoms with Gasteiger partial charge in [0, 0.05) is 4.88 Å². The fraction of sp³-hybridized carbons (Fsp3) is 0.409. The lowest BCUT2D eigenvalue weighted by Gasteiger charge is -2.42. The van der Waals surface area contributed by atoms with Gasteiger partial charge in [0.25, 0.3) is 0 Å². The number of rotatable bonds is 3. The van der Waals surface area contributed by atoms with E-state index in [0.717, 1.165) is 4.88 Å². The van der Waals surface area contributed by atoms with Crippen LogP contribution >= 0.6 is 11.3 Å². The zero-order chi connectivity index (χ0) is 18.4. The van der Waals surface area contributed by atoms with Crippen molar-refractivity contribution >= 4 is 29.5 Å². The third-order valence-electron chi connectivity index (χ3n) is 5.50. The number of benzene rings is 1. The molecule has 2 nitrogen and oxygen atoms in total. The van der Waals surface area contributed by atoms with E-state index in [-0.39, 0.29) is 10.8 Å². The molecule has 1 heterocycles. The van der Waals surface area contributed by atoms with Gasteiger partial charge in [-0.15, -0.1) is 11.3 Å². The van der Waals surface area contributed by atoms with E-state index in [1.807, 2.05) is 12.1 Å². The maximum atomic E-state index is 11.0. The van der Waals surface area contributed by atoms with Crippen molar-refractivity contribution in [2.45, 2.75) is 58.3 Å². The van der Waals surface area contributed by atoms with Crippen LogP contribution < -0.4 is 0 Å². The molecular formula is C22H26O2S. The number of thiophene rings is 1. The molecule has 1 aromatic carbocycles. The fourth-order valence-corrected chi connectivity index (χ4v) is 4.40. The van der Waals surface area contributed by atoms with Crippen LogP contribution in [-0.2, 0) is 10.8 Å². The van der Waals surface area contributed by atoms with Gasteiger partial charge in [-0.05, 0) is 71.1 Å². The van der Waals surface area contributed by atoms with Gasteiger partial charge in [0.2, 0.25) is 0 Å². The van der Waals surface area contributed by atoms with Crippen molar-refractivity contribution in [3.63, 3.8) is 0 Å². The molecule has 2 aromatic rings. The van der Waals surface area contributed by atoms with Crippen molar-refractivity contribution in [3.8, 4) is 0 Å². The normalized spacial score (nSPS) is 18.3. The molecule has 0 atom stereocenters. The van der Waals surface area contributed by atoms with Crippen LogP contribution in [0.1, 0.15) is 77.3 Å². The van der Waals surface area contributed by atoms with Crippen LogP contribution in [0.2, 0.25) is 0 Å². The fourth-order valence-electron chi connectivity index (χ4n) is 3.65. The highest BCUT2D eigenvalue weighted by atomic mass is 32.1. The average Bonchev–Trinajstić information content (AvgIpc) is 3.00. The van der Waals surface area contributed by atoms with Gasteiger partial charge >= 0.3 is 5.97 Å². The Labute approximate surface area is 154 Å². The molecule has 0 amide bonds. The molecule has 0 bridgehead atoms. The number of aromatic carboxylic acids is 1. The molecule has 0 fully saturated rings. The van der Waals surface area contributed by atoms with Crippen molar-refractivity contribution in [2.75, 3.05) is 0 Å². The minimum atomic E-state index is -0.862. The quantitative estimate of drug-likeness (QED) is 0.705. The van der Waals surface area contributed by atoms with Gasteiger partial charge in [0.05, 0.1) is 0 Å². The highest BCUT2D eigenvalue weighted by molar-refractivity contribution is 7.14. The molecule has 0 aliphatic heterocycles. The van der Waals surface area contributed by atoms with E-state index >= 15 is 0 Å². The molecule has 0 saturated heterocycles. The molecule has 3 heteroatoms. The van der Waals surface area contributed by atoms with Crippen LogP contribution in [0.4, 0.5) is 0 Å². The molecule has 0 spiro atoms. The summed E-state index contributed by atoms with van der Waals surface area (Å²) in [7, 11) is 0. The molecule has 132 valence electrons. The third kappa shape index (κ3) is 3.43. The van der Waals surface area contributed by atoms with Gasteiger partial charge < -0.3 is 5.11 Å². The van der Waals surface area contributed by atoms with Crippen LogP contribution in [0.25, 0.3) is 12.2 Å². The molecule has 1 aliphatic rings. The summed E-state index contributed by atoms with van der Waals surface area (Å²) in [6.45, 7) is 11.5. The molecule has 0 unspecified atom stereocenters. The van der Waals surface area contributed by atoms with Crippen molar-refractivity contribution in [2.24, 2.45) is 0 Å². The van der Waals surface area contributed by atoms with Gasteiger partial charge in [-0.1, -0.05) is 45.9 Å². The lowest BCUT2D eigenvalue weighted by Crippen LogP contribution is -2.34. The topological polar surface area (TPSA) is 37.3 Å². The van der Waals surface area contributed by atoms with E-state index in [4.69, 9.17) is 5.11 Å². The molecule has 0 saturated carbocycles. The Kier molecular flexibility index (Phi) is 4.40.